The number of sulfonamides is 1. The molecular weight excluding hydrogens is 364 g/mol. The molecule has 0 aliphatic rings. The maximum Gasteiger partial charge on any atom is 0.262 e. The number of halogens is 1. The zero-order valence-electron chi connectivity index (χ0n) is 11.7. The average molecular weight is 377 g/mol. The van der Waals surface area contributed by atoms with Crippen molar-refractivity contribution in [3.05, 3.63) is 64.8 Å². The third-order valence-electron chi connectivity index (χ3n) is 3.32. The number of para-hydroxylation sites is 1. The molecule has 0 atom stereocenters. The predicted molar refractivity (Wildman–Crippen MR) is 91.4 cm³/mol. The molecule has 0 fully saturated rings. The first-order valence-electron chi connectivity index (χ1n) is 6.60. The highest BCUT2D eigenvalue weighted by atomic mass is 79.9. The molecule has 0 unspecified atom stereocenters. The van der Waals surface area contributed by atoms with E-state index in [4.69, 9.17) is 0 Å². The van der Waals surface area contributed by atoms with E-state index >= 15 is 0 Å². The van der Waals surface area contributed by atoms with Gasteiger partial charge in [-0.1, -0.05) is 34.1 Å². The van der Waals surface area contributed by atoms with E-state index < -0.39 is 10.0 Å². The van der Waals surface area contributed by atoms with Gasteiger partial charge in [0.25, 0.3) is 10.0 Å². The lowest BCUT2D eigenvalue weighted by atomic mass is 10.2. The van der Waals surface area contributed by atoms with Crippen LogP contribution in [0, 0.1) is 6.92 Å². The normalized spacial score (nSPS) is 11.5. The molecule has 0 spiro atoms. The highest BCUT2D eigenvalue weighted by Gasteiger charge is 2.18. The number of nitrogens with zero attached hydrogens (tertiary/aromatic N) is 1. The van der Waals surface area contributed by atoms with Gasteiger partial charge in [-0.3, -0.25) is 9.71 Å². The topological polar surface area (TPSA) is 59.1 Å². The van der Waals surface area contributed by atoms with Gasteiger partial charge in [-0.15, -0.1) is 0 Å². The smallest absolute Gasteiger partial charge is 0.262 e. The Morgan fingerprint density at radius 3 is 2.64 bits per heavy atom. The molecule has 3 rings (SSSR count). The van der Waals surface area contributed by atoms with E-state index in [0.717, 1.165) is 15.4 Å². The summed E-state index contributed by atoms with van der Waals surface area (Å²) in [7, 11) is -3.65. The molecule has 0 aliphatic carbocycles. The first kappa shape index (κ1) is 15.0. The fourth-order valence-electron chi connectivity index (χ4n) is 2.30. The Bertz CT molecular complexity index is 950. The summed E-state index contributed by atoms with van der Waals surface area (Å²) in [4.78, 5) is 4.49. The fraction of sp³-hybridized carbons (Fsp3) is 0.0625. The maximum absolute atomic E-state index is 12.6. The summed E-state index contributed by atoms with van der Waals surface area (Å²) in [5.74, 6) is 0. The van der Waals surface area contributed by atoms with Crippen LogP contribution >= 0.6 is 15.9 Å². The minimum absolute atomic E-state index is 0.261. The Labute approximate surface area is 137 Å². The van der Waals surface area contributed by atoms with Crippen molar-refractivity contribution in [3.8, 4) is 0 Å². The van der Waals surface area contributed by atoms with Crippen LogP contribution in [-0.2, 0) is 10.0 Å². The van der Waals surface area contributed by atoms with Crippen molar-refractivity contribution in [1.82, 2.24) is 4.98 Å². The van der Waals surface area contributed by atoms with Crippen LogP contribution < -0.4 is 4.72 Å². The van der Waals surface area contributed by atoms with Gasteiger partial charge in [0, 0.05) is 16.1 Å². The zero-order chi connectivity index (χ0) is 15.7. The van der Waals surface area contributed by atoms with Gasteiger partial charge in [-0.2, -0.15) is 0 Å². The second kappa shape index (κ2) is 5.70. The molecule has 3 aromatic rings. The summed E-state index contributed by atoms with van der Waals surface area (Å²) in [5, 5.41) is 0.767. The first-order valence-corrected chi connectivity index (χ1v) is 8.88. The van der Waals surface area contributed by atoms with Gasteiger partial charge in [-0.05, 0) is 42.8 Å². The number of rotatable bonds is 3. The van der Waals surface area contributed by atoms with Gasteiger partial charge in [0.05, 0.1) is 16.1 Å². The zero-order valence-corrected chi connectivity index (χ0v) is 14.1. The van der Waals surface area contributed by atoms with Crippen LogP contribution in [0.2, 0.25) is 0 Å². The predicted octanol–water partition coefficient (Wildman–Crippen LogP) is 4.11. The largest absolute Gasteiger partial charge is 0.279 e. The van der Waals surface area contributed by atoms with Crippen LogP contribution in [0.3, 0.4) is 0 Å². The van der Waals surface area contributed by atoms with E-state index in [1.165, 1.54) is 0 Å². The number of aromatic nitrogens is 1. The van der Waals surface area contributed by atoms with Gasteiger partial charge in [-0.25, -0.2) is 8.42 Å². The van der Waals surface area contributed by atoms with Crippen molar-refractivity contribution in [2.24, 2.45) is 0 Å². The highest BCUT2D eigenvalue weighted by molar-refractivity contribution is 9.10. The van der Waals surface area contributed by atoms with Gasteiger partial charge >= 0.3 is 0 Å². The van der Waals surface area contributed by atoms with Gasteiger partial charge < -0.3 is 0 Å². The summed E-state index contributed by atoms with van der Waals surface area (Å²) < 4.78 is 28.8. The number of aryl methyl sites for hydroxylation is 1. The molecule has 22 heavy (non-hydrogen) atoms. The minimum Gasteiger partial charge on any atom is -0.279 e. The Morgan fingerprint density at radius 2 is 1.86 bits per heavy atom. The molecule has 1 N–H and O–H groups in total. The Balaban J connectivity index is 2.07. The second-order valence-electron chi connectivity index (χ2n) is 4.89. The van der Waals surface area contributed by atoms with Crippen LogP contribution in [0.25, 0.3) is 10.9 Å². The number of benzene rings is 2. The molecule has 0 aliphatic heterocycles. The Kier molecular flexibility index (Phi) is 3.88. The first-order chi connectivity index (χ1) is 10.5. The van der Waals surface area contributed by atoms with Crippen LogP contribution in [0.5, 0.6) is 0 Å². The number of pyridine rings is 1. The summed E-state index contributed by atoms with van der Waals surface area (Å²) in [6.45, 7) is 1.77. The van der Waals surface area contributed by atoms with Crippen LogP contribution in [0.4, 0.5) is 5.69 Å². The molecule has 1 aromatic heterocycles. The van der Waals surface area contributed by atoms with Crippen LogP contribution in [0.15, 0.2) is 64.1 Å². The van der Waals surface area contributed by atoms with Crippen molar-refractivity contribution < 1.29 is 8.42 Å². The van der Waals surface area contributed by atoms with E-state index in [-0.39, 0.29) is 4.90 Å². The minimum atomic E-state index is -3.65. The van der Waals surface area contributed by atoms with Gasteiger partial charge in [0.1, 0.15) is 0 Å². The van der Waals surface area contributed by atoms with Gasteiger partial charge in [0.15, 0.2) is 0 Å². The van der Waals surface area contributed by atoms with Crippen molar-refractivity contribution in [3.63, 3.8) is 0 Å². The molecule has 0 amide bonds. The lowest BCUT2D eigenvalue weighted by molar-refractivity contribution is 0.600. The number of hydrogen-bond donors (Lipinski definition) is 1. The number of nitrogens with one attached hydrogen (secondary N) is 1. The maximum atomic E-state index is 12.6. The summed E-state index contributed by atoms with van der Waals surface area (Å²) in [5.41, 5.74) is 1.95. The highest BCUT2D eigenvalue weighted by Crippen LogP contribution is 2.26. The molecule has 0 radical (unpaired) electrons. The Hall–Kier alpha value is -1.92. The molecule has 0 bridgehead atoms. The molecule has 4 nitrogen and oxygen atoms in total. The molecule has 1 heterocycles. The number of hydrogen-bond acceptors (Lipinski definition) is 3. The monoisotopic (exact) mass is 376 g/mol. The number of anilines is 1. The van der Waals surface area contributed by atoms with E-state index in [1.807, 2.05) is 24.3 Å². The van der Waals surface area contributed by atoms with E-state index in [0.29, 0.717) is 11.3 Å². The third-order valence-corrected chi connectivity index (χ3v) is 5.34. The quantitative estimate of drug-likeness (QED) is 0.748. The van der Waals surface area contributed by atoms with Crippen molar-refractivity contribution in [2.45, 2.75) is 11.8 Å². The standard InChI is InChI=1S/C16H13BrN2O2S/c1-11-10-12(17)6-7-16(11)22(20,21)19-15-8-9-18-14-5-3-2-4-13(14)15/h2-10H,1H3,(H,18,19). The van der Waals surface area contributed by atoms with Crippen LogP contribution in [-0.4, -0.2) is 13.4 Å². The molecular formula is C16H13BrN2O2S. The molecule has 0 saturated heterocycles. The Morgan fingerprint density at radius 1 is 1.09 bits per heavy atom. The number of fused-ring (bicyclic) bond motifs is 1. The summed E-state index contributed by atoms with van der Waals surface area (Å²) in [6, 6.07) is 14.1. The lowest BCUT2D eigenvalue weighted by Gasteiger charge is -2.12. The van der Waals surface area contributed by atoms with Crippen molar-refractivity contribution in [1.29, 1.82) is 0 Å². The molecule has 6 heteroatoms. The van der Waals surface area contributed by atoms with E-state index in [9.17, 15) is 8.42 Å². The van der Waals surface area contributed by atoms with E-state index in [1.54, 1.807) is 37.4 Å². The van der Waals surface area contributed by atoms with Crippen molar-refractivity contribution in [2.75, 3.05) is 4.72 Å². The lowest BCUT2D eigenvalue weighted by Crippen LogP contribution is -2.14. The molecule has 112 valence electrons. The fourth-order valence-corrected chi connectivity index (χ4v) is 4.08. The van der Waals surface area contributed by atoms with Crippen molar-refractivity contribution >= 4 is 42.5 Å². The molecule has 2 aromatic carbocycles. The summed E-state index contributed by atoms with van der Waals surface area (Å²) in [6.07, 6.45) is 1.59. The second-order valence-corrected chi connectivity index (χ2v) is 7.46. The summed E-state index contributed by atoms with van der Waals surface area (Å²) >= 11 is 3.34. The van der Waals surface area contributed by atoms with Gasteiger partial charge in [0.2, 0.25) is 0 Å². The SMILES string of the molecule is Cc1cc(Br)ccc1S(=O)(=O)Nc1ccnc2ccccc12. The molecule has 0 saturated carbocycles. The van der Waals surface area contributed by atoms with Crippen LogP contribution in [0.1, 0.15) is 5.56 Å². The average Bonchev–Trinajstić information content (AvgIpc) is 2.47. The van der Waals surface area contributed by atoms with E-state index in [2.05, 4.69) is 25.6 Å². The third kappa shape index (κ3) is 2.84.